The molecule has 0 saturated heterocycles. The molecule has 1 aromatic carbocycles. The molecule has 2 nitrogen and oxygen atoms in total. The Morgan fingerprint density at radius 3 is 2.41 bits per heavy atom. The zero-order valence-corrected chi connectivity index (χ0v) is 10.8. The fourth-order valence-corrected chi connectivity index (χ4v) is 1.62. The minimum Gasteiger partial charge on any atom is -0.591 e. The number of hydrogen-bond donors (Lipinski definition) is 0. The first-order chi connectivity index (χ1) is 7.82. The number of rotatable bonds is 3. The van der Waals surface area contributed by atoms with E-state index in [0.717, 1.165) is 0 Å². The average Bonchev–Trinajstić information content (AvgIpc) is 2.24. The van der Waals surface area contributed by atoms with E-state index in [0.29, 0.717) is 5.56 Å². The Balaban J connectivity index is 2.92. The third kappa shape index (κ3) is 4.09. The molecule has 1 unspecified atom stereocenters. The summed E-state index contributed by atoms with van der Waals surface area (Å²) in [7, 11) is 0. The maximum Gasteiger partial charge on any atom is 0.264 e. The second kappa shape index (κ2) is 5.60. The number of alkyl halides is 2. The molecule has 5 heteroatoms. The molecule has 0 N–H and O–H groups in total. The van der Waals surface area contributed by atoms with E-state index in [2.05, 4.69) is 4.40 Å². The largest absolute Gasteiger partial charge is 0.591 e. The van der Waals surface area contributed by atoms with Gasteiger partial charge in [0.25, 0.3) is 6.43 Å². The summed E-state index contributed by atoms with van der Waals surface area (Å²) in [5.74, 6) is 0. The molecule has 1 atom stereocenters. The van der Waals surface area contributed by atoms with Gasteiger partial charge < -0.3 is 4.55 Å². The van der Waals surface area contributed by atoms with Crippen LogP contribution in [0.15, 0.2) is 28.7 Å². The fraction of sp³-hybridized carbons (Fsp3) is 0.417. The van der Waals surface area contributed by atoms with E-state index in [1.165, 1.54) is 18.3 Å². The zero-order chi connectivity index (χ0) is 13.1. The van der Waals surface area contributed by atoms with Gasteiger partial charge in [0.2, 0.25) is 0 Å². The second-order valence-corrected chi connectivity index (χ2v) is 6.46. The monoisotopic (exact) mass is 259 g/mol. The Bertz CT molecular complexity index is 402. The molecule has 0 saturated carbocycles. The normalized spacial score (nSPS) is 14.5. The van der Waals surface area contributed by atoms with Crippen LogP contribution in [0.25, 0.3) is 0 Å². The minimum atomic E-state index is -2.55. The molecule has 0 amide bonds. The van der Waals surface area contributed by atoms with Gasteiger partial charge in [-0.1, -0.05) is 28.7 Å². The average molecular weight is 259 g/mol. The molecule has 0 spiro atoms. The summed E-state index contributed by atoms with van der Waals surface area (Å²) < 4.78 is 40.3. The summed E-state index contributed by atoms with van der Waals surface area (Å²) in [5.41, 5.74) is 0.210. The molecule has 0 radical (unpaired) electrons. The van der Waals surface area contributed by atoms with Crippen molar-refractivity contribution in [2.75, 3.05) is 0 Å². The van der Waals surface area contributed by atoms with Gasteiger partial charge in [0, 0.05) is 11.1 Å². The van der Waals surface area contributed by atoms with Crippen molar-refractivity contribution in [2.45, 2.75) is 31.9 Å². The molecule has 0 aromatic heterocycles. The van der Waals surface area contributed by atoms with Gasteiger partial charge in [-0.3, -0.25) is 0 Å². The summed E-state index contributed by atoms with van der Waals surface area (Å²) in [6, 6.07) is 6.06. The van der Waals surface area contributed by atoms with Crippen molar-refractivity contribution in [2.24, 2.45) is 4.40 Å². The standard InChI is InChI=1S/C12H15F2NOS/c1-12(2,3)17(16)15-8-9-6-4-5-7-10(9)11(13)14/h4-8,11H,1-3H3. The van der Waals surface area contributed by atoms with Crippen molar-refractivity contribution < 1.29 is 13.3 Å². The van der Waals surface area contributed by atoms with Crippen LogP contribution in [0.4, 0.5) is 8.78 Å². The smallest absolute Gasteiger partial charge is 0.264 e. The van der Waals surface area contributed by atoms with E-state index in [-0.39, 0.29) is 5.56 Å². The van der Waals surface area contributed by atoms with Gasteiger partial charge in [-0.05, 0) is 20.8 Å². The molecule has 0 aliphatic heterocycles. The molecule has 17 heavy (non-hydrogen) atoms. The maximum absolute atomic E-state index is 12.6. The van der Waals surface area contributed by atoms with Crippen molar-refractivity contribution >= 4 is 17.6 Å². The Kier molecular flexibility index (Phi) is 4.65. The summed E-state index contributed by atoms with van der Waals surface area (Å²) >= 11 is -1.43. The van der Waals surface area contributed by atoms with Crippen LogP contribution in [0.5, 0.6) is 0 Å². The molecule has 0 aliphatic rings. The molecular formula is C12H15F2NOS. The van der Waals surface area contributed by atoms with Crippen LogP contribution in [0.1, 0.15) is 38.3 Å². The second-order valence-electron chi connectivity index (χ2n) is 4.53. The molecule has 0 heterocycles. The van der Waals surface area contributed by atoms with Crippen LogP contribution in [-0.4, -0.2) is 15.5 Å². The van der Waals surface area contributed by atoms with Crippen LogP contribution in [-0.2, 0) is 11.4 Å². The minimum absolute atomic E-state index is 0.0952. The van der Waals surface area contributed by atoms with Gasteiger partial charge in [-0.2, -0.15) is 0 Å². The van der Waals surface area contributed by atoms with Crippen LogP contribution in [0, 0.1) is 0 Å². The highest BCUT2D eigenvalue weighted by Gasteiger charge is 2.26. The third-order valence-electron chi connectivity index (χ3n) is 2.04. The Labute approximate surface area is 103 Å². The van der Waals surface area contributed by atoms with Crippen LogP contribution < -0.4 is 0 Å². The highest BCUT2D eigenvalue weighted by atomic mass is 32.2. The lowest BCUT2D eigenvalue weighted by Gasteiger charge is -2.17. The lowest BCUT2D eigenvalue weighted by molar-refractivity contribution is 0.151. The molecule has 94 valence electrons. The molecule has 1 rings (SSSR count). The first kappa shape index (κ1) is 14.1. The first-order valence-electron chi connectivity index (χ1n) is 5.15. The highest BCUT2D eigenvalue weighted by molar-refractivity contribution is 7.91. The van der Waals surface area contributed by atoms with E-state index in [1.54, 1.807) is 32.9 Å². The van der Waals surface area contributed by atoms with E-state index >= 15 is 0 Å². The van der Waals surface area contributed by atoms with Crippen LogP contribution in [0.2, 0.25) is 0 Å². The van der Waals surface area contributed by atoms with Crippen LogP contribution >= 0.6 is 0 Å². The molecular weight excluding hydrogens is 244 g/mol. The zero-order valence-electron chi connectivity index (χ0n) is 9.98. The summed E-state index contributed by atoms with van der Waals surface area (Å²) in [6.45, 7) is 5.33. The first-order valence-corrected chi connectivity index (χ1v) is 6.26. The number of hydrogen-bond acceptors (Lipinski definition) is 2. The van der Waals surface area contributed by atoms with E-state index in [4.69, 9.17) is 0 Å². The lowest BCUT2D eigenvalue weighted by atomic mass is 10.1. The SMILES string of the molecule is CC(C)(C)[S+]([O-])N=Cc1ccccc1C(F)F. The van der Waals surface area contributed by atoms with E-state index in [1.807, 2.05) is 0 Å². The van der Waals surface area contributed by atoms with Gasteiger partial charge in [-0.15, -0.1) is 0 Å². The highest BCUT2D eigenvalue weighted by Crippen LogP contribution is 2.22. The van der Waals surface area contributed by atoms with Crippen molar-refractivity contribution in [1.82, 2.24) is 0 Å². The Morgan fingerprint density at radius 1 is 1.29 bits per heavy atom. The van der Waals surface area contributed by atoms with Crippen LogP contribution in [0.3, 0.4) is 0 Å². The topological polar surface area (TPSA) is 35.4 Å². The third-order valence-corrected chi connectivity index (χ3v) is 3.39. The predicted molar refractivity (Wildman–Crippen MR) is 66.9 cm³/mol. The van der Waals surface area contributed by atoms with Crippen molar-refractivity contribution in [3.8, 4) is 0 Å². The molecule has 0 bridgehead atoms. The van der Waals surface area contributed by atoms with Crippen molar-refractivity contribution in [3.63, 3.8) is 0 Å². The van der Waals surface area contributed by atoms with Gasteiger partial charge in [0.15, 0.2) is 0 Å². The molecule has 0 aliphatic carbocycles. The summed E-state index contributed by atoms with van der Waals surface area (Å²) in [6.07, 6.45) is -1.30. The van der Waals surface area contributed by atoms with Gasteiger partial charge in [0.05, 0.1) is 6.21 Å². The van der Waals surface area contributed by atoms with Gasteiger partial charge in [0.1, 0.15) is 16.1 Å². The Hall–Kier alpha value is -0.940. The van der Waals surface area contributed by atoms with E-state index in [9.17, 15) is 13.3 Å². The van der Waals surface area contributed by atoms with Gasteiger partial charge in [-0.25, -0.2) is 8.78 Å². The van der Waals surface area contributed by atoms with E-state index < -0.39 is 22.5 Å². The molecule has 1 aromatic rings. The Morgan fingerprint density at radius 2 is 1.88 bits per heavy atom. The number of halogens is 2. The quantitative estimate of drug-likeness (QED) is 0.604. The lowest BCUT2D eigenvalue weighted by Crippen LogP contribution is -2.25. The van der Waals surface area contributed by atoms with Gasteiger partial charge >= 0.3 is 0 Å². The summed E-state index contributed by atoms with van der Waals surface area (Å²) in [5, 5.41) is 0. The predicted octanol–water partition coefficient (Wildman–Crippen LogP) is 3.51. The van der Waals surface area contributed by atoms with Crippen molar-refractivity contribution in [3.05, 3.63) is 35.4 Å². The molecule has 0 fully saturated rings. The summed E-state index contributed by atoms with van der Waals surface area (Å²) in [4.78, 5) is 0. The van der Waals surface area contributed by atoms with Crippen molar-refractivity contribution in [1.29, 1.82) is 0 Å². The fourth-order valence-electron chi connectivity index (χ4n) is 1.09. The maximum atomic E-state index is 12.6. The number of nitrogens with zero attached hydrogens (tertiary/aromatic N) is 1. The number of benzene rings is 1.